The maximum atomic E-state index is 13.7. The normalized spacial score (nSPS) is 17.1. The number of ether oxygens (including phenoxy) is 1. The molecule has 0 aliphatic carbocycles. The Balaban J connectivity index is 1.75. The minimum Gasteiger partial charge on any atom is -0.381 e. The van der Waals surface area contributed by atoms with Crippen LogP contribution < -0.4 is 11.1 Å². The van der Waals surface area contributed by atoms with Crippen LogP contribution in [0.15, 0.2) is 24.3 Å². The van der Waals surface area contributed by atoms with E-state index in [9.17, 15) is 14.0 Å². The van der Waals surface area contributed by atoms with Gasteiger partial charge in [0.25, 0.3) is 5.91 Å². The average Bonchev–Trinajstić information content (AvgIpc) is 2.99. The minimum atomic E-state index is -0.768. The van der Waals surface area contributed by atoms with E-state index in [0.717, 1.165) is 0 Å². The number of rotatable bonds is 4. The number of fused-ring (bicyclic) bond motifs is 1. The van der Waals surface area contributed by atoms with E-state index in [-0.39, 0.29) is 18.3 Å². The molecule has 0 spiro atoms. The molecule has 0 atom stereocenters. The molecule has 7 heteroatoms. The van der Waals surface area contributed by atoms with Gasteiger partial charge in [-0.1, -0.05) is 6.07 Å². The Labute approximate surface area is 136 Å². The van der Waals surface area contributed by atoms with Gasteiger partial charge in [0.05, 0.1) is 10.3 Å². The van der Waals surface area contributed by atoms with Crippen molar-refractivity contribution in [3.8, 4) is 0 Å². The highest BCUT2D eigenvalue weighted by Gasteiger charge is 2.38. The predicted octanol–water partition coefficient (Wildman–Crippen LogP) is 2.05. The number of nitrogens with one attached hydrogen (secondary N) is 1. The highest BCUT2D eigenvalue weighted by atomic mass is 32.1. The summed E-state index contributed by atoms with van der Waals surface area (Å²) in [6, 6.07) is 6.27. The Morgan fingerprint density at radius 2 is 2.09 bits per heavy atom. The second-order valence-electron chi connectivity index (χ2n) is 5.70. The molecule has 0 unspecified atom stereocenters. The molecule has 5 nitrogen and oxygen atoms in total. The smallest absolute Gasteiger partial charge is 0.261 e. The summed E-state index contributed by atoms with van der Waals surface area (Å²) in [4.78, 5) is 24.5. The summed E-state index contributed by atoms with van der Waals surface area (Å²) in [7, 11) is 0. The van der Waals surface area contributed by atoms with Crippen molar-refractivity contribution in [2.75, 3.05) is 19.8 Å². The zero-order chi connectivity index (χ0) is 16.4. The maximum absolute atomic E-state index is 13.7. The molecule has 1 aromatic carbocycles. The number of halogens is 1. The van der Waals surface area contributed by atoms with E-state index < -0.39 is 11.3 Å². The molecule has 0 radical (unpaired) electrons. The molecule has 3 rings (SSSR count). The van der Waals surface area contributed by atoms with Crippen LogP contribution in [0.25, 0.3) is 10.1 Å². The fraction of sp³-hybridized carbons (Fsp3) is 0.375. The van der Waals surface area contributed by atoms with Crippen molar-refractivity contribution in [2.24, 2.45) is 11.1 Å². The molecule has 0 bridgehead atoms. The van der Waals surface area contributed by atoms with E-state index in [4.69, 9.17) is 10.5 Å². The average molecular weight is 336 g/mol. The number of primary amides is 1. The molecule has 1 aliphatic heterocycles. The third kappa shape index (κ3) is 3.07. The van der Waals surface area contributed by atoms with E-state index in [1.54, 1.807) is 12.1 Å². The molecule has 3 N–H and O–H groups in total. The SMILES string of the molecule is NC(=O)C1(CNC(=O)c2cc3c(F)cccc3s2)CCOCC1. The standard InChI is InChI=1S/C16H17FN2O3S/c17-11-2-1-3-12-10(11)8-13(23-12)14(20)19-9-16(15(18)21)4-6-22-7-5-16/h1-3,8H,4-7,9H2,(H2,18,21)(H,19,20). The van der Waals surface area contributed by atoms with E-state index in [1.807, 2.05) is 0 Å². The summed E-state index contributed by atoms with van der Waals surface area (Å²) < 4.78 is 19.7. The van der Waals surface area contributed by atoms with Crippen LogP contribution in [0, 0.1) is 11.2 Å². The first-order valence-electron chi connectivity index (χ1n) is 7.36. The van der Waals surface area contributed by atoms with Crippen molar-refractivity contribution in [1.82, 2.24) is 5.32 Å². The monoisotopic (exact) mass is 336 g/mol. The maximum Gasteiger partial charge on any atom is 0.261 e. The van der Waals surface area contributed by atoms with Crippen molar-refractivity contribution in [3.05, 3.63) is 35.0 Å². The fourth-order valence-electron chi connectivity index (χ4n) is 2.75. The highest BCUT2D eigenvalue weighted by molar-refractivity contribution is 7.20. The van der Waals surface area contributed by atoms with E-state index in [1.165, 1.54) is 23.5 Å². The van der Waals surface area contributed by atoms with E-state index in [0.29, 0.717) is 41.0 Å². The van der Waals surface area contributed by atoms with Crippen LogP contribution in [0.3, 0.4) is 0 Å². The Morgan fingerprint density at radius 1 is 1.35 bits per heavy atom. The Bertz CT molecular complexity index is 753. The lowest BCUT2D eigenvalue weighted by atomic mass is 9.79. The molecule has 23 heavy (non-hydrogen) atoms. The highest BCUT2D eigenvalue weighted by Crippen LogP contribution is 2.30. The number of hydrogen-bond donors (Lipinski definition) is 2. The van der Waals surface area contributed by atoms with Gasteiger partial charge in [0, 0.05) is 29.8 Å². The second-order valence-corrected chi connectivity index (χ2v) is 6.79. The summed E-state index contributed by atoms with van der Waals surface area (Å²) >= 11 is 1.22. The lowest BCUT2D eigenvalue weighted by Crippen LogP contribution is -2.49. The van der Waals surface area contributed by atoms with E-state index >= 15 is 0 Å². The zero-order valence-corrected chi connectivity index (χ0v) is 13.2. The third-order valence-electron chi connectivity index (χ3n) is 4.29. The van der Waals surface area contributed by atoms with Gasteiger partial charge in [0.1, 0.15) is 5.82 Å². The van der Waals surface area contributed by atoms with Gasteiger partial charge in [-0.25, -0.2) is 4.39 Å². The molecule has 122 valence electrons. The molecule has 0 saturated carbocycles. The minimum absolute atomic E-state index is 0.168. The summed E-state index contributed by atoms with van der Waals surface area (Å²) in [5, 5.41) is 3.19. The molecule has 2 amide bonds. The van der Waals surface area contributed by atoms with Crippen molar-refractivity contribution >= 4 is 33.2 Å². The lowest BCUT2D eigenvalue weighted by Gasteiger charge is -2.34. The quantitative estimate of drug-likeness (QED) is 0.896. The van der Waals surface area contributed by atoms with Crippen molar-refractivity contribution in [3.63, 3.8) is 0 Å². The van der Waals surface area contributed by atoms with Crippen LogP contribution >= 0.6 is 11.3 Å². The van der Waals surface area contributed by atoms with Gasteiger partial charge in [0.15, 0.2) is 0 Å². The predicted molar refractivity (Wildman–Crippen MR) is 85.8 cm³/mol. The lowest BCUT2D eigenvalue weighted by molar-refractivity contribution is -0.132. The van der Waals surface area contributed by atoms with Gasteiger partial charge in [0.2, 0.25) is 5.91 Å². The molecule has 1 saturated heterocycles. The van der Waals surface area contributed by atoms with Crippen LogP contribution in [0.5, 0.6) is 0 Å². The molecule has 2 heterocycles. The van der Waals surface area contributed by atoms with Gasteiger partial charge in [-0.3, -0.25) is 9.59 Å². The second kappa shape index (κ2) is 6.25. The van der Waals surface area contributed by atoms with Gasteiger partial charge in [-0.15, -0.1) is 11.3 Å². The molecule has 1 fully saturated rings. The molecule has 2 aromatic rings. The topological polar surface area (TPSA) is 81.4 Å². The first-order chi connectivity index (χ1) is 11.0. The first kappa shape index (κ1) is 15.9. The molecule has 1 aliphatic rings. The number of thiophene rings is 1. The molecular formula is C16H17FN2O3S. The Morgan fingerprint density at radius 3 is 2.74 bits per heavy atom. The van der Waals surface area contributed by atoms with Crippen LogP contribution in [-0.2, 0) is 9.53 Å². The summed E-state index contributed by atoms with van der Waals surface area (Å²) in [6.45, 7) is 1.07. The Hall–Kier alpha value is -1.99. The first-order valence-corrected chi connectivity index (χ1v) is 8.17. The van der Waals surface area contributed by atoms with Crippen LogP contribution in [0.1, 0.15) is 22.5 Å². The number of carbonyl (C=O) groups is 2. The van der Waals surface area contributed by atoms with Crippen LogP contribution in [0.4, 0.5) is 4.39 Å². The van der Waals surface area contributed by atoms with Crippen molar-refractivity contribution in [1.29, 1.82) is 0 Å². The molecular weight excluding hydrogens is 319 g/mol. The summed E-state index contributed by atoms with van der Waals surface area (Å²) in [5.74, 6) is -1.10. The van der Waals surface area contributed by atoms with E-state index in [2.05, 4.69) is 5.32 Å². The van der Waals surface area contributed by atoms with Gasteiger partial charge in [-0.2, -0.15) is 0 Å². The third-order valence-corrected chi connectivity index (χ3v) is 5.39. The number of benzene rings is 1. The molecule has 1 aromatic heterocycles. The number of nitrogens with two attached hydrogens (primary N) is 1. The summed E-state index contributed by atoms with van der Waals surface area (Å²) in [6.07, 6.45) is 0.979. The van der Waals surface area contributed by atoms with Crippen molar-refractivity contribution in [2.45, 2.75) is 12.8 Å². The fourth-order valence-corrected chi connectivity index (χ4v) is 3.74. The van der Waals surface area contributed by atoms with Gasteiger partial charge >= 0.3 is 0 Å². The van der Waals surface area contributed by atoms with Crippen LogP contribution in [-0.4, -0.2) is 31.6 Å². The van der Waals surface area contributed by atoms with Crippen molar-refractivity contribution < 1.29 is 18.7 Å². The number of amides is 2. The van der Waals surface area contributed by atoms with Gasteiger partial charge in [-0.05, 0) is 31.0 Å². The largest absolute Gasteiger partial charge is 0.381 e. The number of carbonyl (C=O) groups excluding carboxylic acids is 2. The Kier molecular flexibility index (Phi) is 4.32. The van der Waals surface area contributed by atoms with Gasteiger partial charge < -0.3 is 15.8 Å². The zero-order valence-electron chi connectivity index (χ0n) is 12.4. The van der Waals surface area contributed by atoms with Crippen LogP contribution in [0.2, 0.25) is 0 Å². The number of hydrogen-bond acceptors (Lipinski definition) is 4. The summed E-state index contributed by atoms with van der Waals surface area (Å²) in [5.41, 5.74) is 4.75.